The maximum absolute atomic E-state index is 13.2. The number of hydrogen-bond acceptors (Lipinski definition) is 4. The van der Waals surface area contributed by atoms with Crippen molar-refractivity contribution in [2.45, 2.75) is 12.5 Å². The van der Waals surface area contributed by atoms with Gasteiger partial charge in [-0.15, -0.1) is 0 Å². The molecule has 0 aliphatic heterocycles. The molecule has 2 aromatic rings. The lowest BCUT2D eigenvalue weighted by Gasteiger charge is -2.12. The molecule has 4 nitrogen and oxygen atoms in total. The Hall–Kier alpha value is -1.53. The van der Waals surface area contributed by atoms with Gasteiger partial charge in [-0.05, 0) is 23.8 Å². The molecule has 0 spiro atoms. The molecule has 19 heavy (non-hydrogen) atoms. The molecule has 1 aromatic heterocycles. The Labute approximate surface area is 118 Å². The monoisotopic (exact) mass is 326 g/mol. The highest BCUT2D eigenvalue weighted by Crippen LogP contribution is 2.24. The molecular weight excluding hydrogens is 315 g/mol. The van der Waals surface area contributed by atoms with Gasteiger partial charge in [0.2, 0.25) is 5.88 Å². The summed E-state index contributed by atoms with van der Waals surface area (Å²) in [6.07, 6.45) is 0.714. The van der Waals surface area contributed by atoms with E-state index in [9.17, 15) is 9.50 Å². The van der Waals surface area contributed by atoms with Crippen LogP contribution in [0.2, 0.25) is 0 Å². The highest BCUT2D eigenvalue weighted by molar-refractivity contribution is 9.10. The van der Waals surface area contributed by atoms with Crippen molar-refractivity contribution >= 4 is 15.9 Å². The predicted octanol–water partition coefficient (Wildman–Crippen LogP) is 2.66. The molecule has 0 amide bonds. The molecule has 0 radical (unpaired) electrons. The van der Waals surface area contributed by atoms with Gasteiger partial charge in [0.1, 0.15) is 18.2 Å². The first-order valence-corrected chi connectivity index (χ1v) is 6.37. The third-order valence-electron chi connectivity index (χ3n) is 2.63. The zero-order valence-corrected chi connectivity index (χ0v) is 11.8. The lowest BCUT2D eigenvalue weighted by molar-refractivity contribution is 0.172. The summed E-state index contributed by atoms with van der Waals surface area (Å²) in [6.45, 7) is 0. The van der Waals surface area contributed by atoms with Gasteiger partial charge in [-0.2, -0.15) is 0 Å². The first kappa shape index (κ1) is 13.9. The van der Waals surface area contributed by atoms with Crippen LogP contribution in [-0.2, 0) is 6.42 Å². The van der Waals surface area contributed by atoms with Crippen LogP contribution in [0.4, 0.5) is 4.39 Å². The minimum atomic E-state index is -0.852. The molecule has 0 saturated heterocycles. The number of halogens is 2. The van der Waals surface area contributed by atoms with E-state index in [1.54, 1.807) is 12.1 Å². The molecule has 0 aliphatic rings. The summed E-state index contributed by atoms with van der Waals surface area (Å²) in [7, 11) is 1.49. The minimum Gasteiger partial charge on any atom is -0.481 e. The first-order valence-electron chi connectivity index (χ1n) is 5.58. The van der Waals surface area contributed by atoms with Crippen LogP contribution in [0.3, 0.4) is 0 Å². The maximum atomic E-state index is 13.2. The molecule has 0 fully saturated rings. The SMILES string of the molecule is COc1cc(C(O)Cc2cc(F)ccc2Br)ncn1. The minimum absolute atomic E-state index is 0.249. The van der Waals surface area contributed by atoms with Gasteiger partial charge in [-0.1, -0.05) is 15.9 Å². The third kappa shape index (κ3) is 3.48. The Morgan fingerprint density at radius 1 is 1.37 bits per heavy atom. The van der Waals surface area contributed by atoms with Gasteiger partial charge in [0.05, 0.1) is 12.8 Å². The van der Waals surface area contributed by atoms with Crippen molar-refractivity contribution in [3.05, 3.63) is 52.1 Å². The summed E-state index contributed by atoms with van der Waals surface area (Å²) in [6, 6.07) is 5.90. The van der Waals surface area contributed by atoms with Crippen LogP contribution in [0.5, 0.6) is 5.88 Å². The Bertz CT molecular complexity index is 580. The average molecular weight is 327 g/mol. The third-order valence-corrected chi connectivity index (χ3v) is 3.41. The number of hydrogen-bond donors (Lipinski definition) is 1. The Kier molecular flexibility index (Phi) is 4.44. The second-order valence-corrected chi connectivity index (χ2v) is 4.80. The van der Waals surface area contributed by atoms with Crippen LogP contribution in [0.1, 0.15) is 17.4 Å². The van der Waals surface area contributed by atoms with Crippen LogP contribution in [0.15, 0.2) is 35.1 Å². The summed E-state index contributed by atoms with van der Waals surface area (Å²) in [5, 5.41) is 10.1. The van der Waals surface area contributed by atoms with Crippen molar-refractivity contribution in [1.29, 1.82) is 0 Å². The normalized spacial score (nSPS) is 12.2. The maximum Gasteiger partial charge on any atom is 0.216 e. The molecule has 1 heterocycles. The quantitative estimate of drug-likeness (QED) is 0.938. The van der Waals surface area contributed by atoms with Crippen molar-refractivity contribution in [2.75, 3.05) is 7.11 Å². The second kappa shape index (κ2) is 6.08. The number of benzene rings is 1. The van der Waals surface area contributed by atoms with Crippen LogP contribution in [-0.4, -0.2) is 22.2 Å². The summed E-state index contributed by atoms with van der Waals surface area (Å²) in [5.74, 6) is 0.0352. The fraction of sp³-hybridized carbons (Fsp3) is 0.231. The number of rotatable bonds is 4. The van der Waals surface area contributed by atoms with Crippen LogP contribution in [0, 0.1) is 5.82 Å². The summed E-state index contributed by atoms with van der Waals surface area (Å²) in [4.78, 5) is 7.85. The van der Waals surface area contributed by atoms with Crippen molar-refractivity contribution in [1.82, 2.24) is 9.97 Å². The van der Waals surface area contributed by atoms with Gasteiger partial charge in [-0.3, -0.25) is 0 Å². The summed E-state index contributed by atoms with van der Waals surface area (Å²) >= 11 is 3.32. The fourth-order valence-electron chi connectivity index (χ4n) is 1.66. The van der Waals surface area contributed by atoms with E-state index in [1.807, 2.05) is 0 Å². The highest BCUT2D eigenvalue weighted by Gasteiger charge is 2.14. The molecule has 6 heteroatoms. The van der Waals surface area contributed by atoms with Gasteiger partial charge >= 0.3 is 0 Å². The highest BCUT2D eigenvalue weighted by atomic mass is 79.9. The van der Waals surface area contributed by atoms with Crippen molar-refractivity contribution in [2.24, 2.45) is 0 Å². The van der Waals surface area contributed by atoms with E-state index in [-0.39, 0.29) is 12.2 Å². The van der Waals surface area contributed by atoms with Crippen molar-refractivity contribution in [3.63, 3.8) is 0 Å². The number of methoxy groups -OCH3 is 1. The van der Waals surface area contributed by atoms with Gasteiger partial charge in [0, 0.05) is 17.0 Å². The standard InChI is InChI=1S/C13H12BrFN2O2/c1-19-13-6-11(16-7-17-13)12(18)5-8-4-9(15)2-3-10(8)14/h2-4,6-7,12,18H,5H2,1H3. The molecule has 1 atom stereocenters. The molecule has 2 rings (SSSR count). The fourth-order valence-corrected chi connectivity index (χ4v) is 2.07. The second-order valence-electron chi connectivity index (χ2n) is 3.94. The van der Waals surface area contributed by atoms with Gasteiger partial charge in [0.15, 0.2) is 0 Å². The van der Waals surface area contributed by atoms with E-state index in [0.717, 1.165) is 4.47 Å². The number of nitrogens with zero attached hydrogens (tertiary/aromatic N) is 2. The molecule has 1 N–H and O–H groups in total. The van der Waals surface area contributed by atoms with E-state index in [4.69, 9.17) is 4.74 Å². The van der Waals surface area contributed by atoms with Gasteiger partial charge in [0.25, 0.3) is 0 Å². The molecular formula is C13H12BrFN2O2. The van der Waals surface area contributed by atoms with E-state index < -0.39 is 6.10 Å². The molecule has 0 aliphatic carbocycles. The lowest BCUT2D eigenvalue weighted by Crippen LogP contribution is -2.06. The largest absolute Gasteiger partial charge is 0.481 e. The van der Waals surface area contributed by atoms with Gasteiger partial charge in [-0.25, -0.2) is 14.4 Å². The van der Waals surface area contributed by atoms with Gasteiger partial charge < -0.3 is 9.84 Å². The number of aliphatic hydroxyl groups excluding tert-OH is 1. The number of aliphatic hydroxyl groups is 1. The number of aromatic nitrogens is 2. The zero-order valence-electron chi connectivity index (χ0n) is 10.2. The predicted molar refractivity (Wildman–Crippen MR) is 71.3 cm³/mol. The zero-order chi connectivity index (χ0) is 13.8. The van der Waals surface area contributed by atoms with E-state index >= 15 is 0 Å². The smallest absolute Gasteiger partial charge is 0.216 e. The molecule has 0 bridgehead atoms. The topological polar surface area (TPSA) is 55.2 Å². The Morgan fingerprint density at radius 3 is 2.89 bits per heavy atom. The molecule has 100 valence electrons. The summed E-state index contributed by atoms with van der Waals surface area (Å²) < 4.78 is 18.9. The molecule has 0 saturated carbocycles. The van der Waals surface area contributed by atoms with Crippen molar-refractivity contribution in [3.8, 4) is 5.88 Å². The van der Waals surface area contributed by atoms with Crippen LogP contribution < -0.4 is 4.74 Å². The van der Waals surface area contributed by atoms with Crippen molar-refractivity contribution < 1.29 is 14.2 Å². The Morgan fingerprint density at radius 2 is 2.16 bits per heavy atom. The summed E-state index contributed by atoms with van der Waals surface area (Å²) in [5.41, 5.74) is 1.10. The average Bonchev–Trinajstić information content (AvgIpc) is 2.43. The first-order chi connectivity index (χ1) is 9.10. The Balaban J connectivity index is 2.20. The van der Waals surface area contributed by atoms with E-state index in [0.29, 0.717) is 17.1 Å². The van der Waals surface area contributed by atoms with Crippen LogP contribution in [0.25, 0.3) is 0 Å². The molecule has 1 unspecified atom stereocenters. The molecule has 1 aromatic carbocycles. The lowest BCUT2D eigenvalue weighted by atomic mass is 10.1. The van der Waals surface area contributed by atoms with E-state index in [1.165, 1.54) is 25.6 Å². The van der Waals surface area contributed by atoms with Crippen LogP contribution >= 0.6 is 15.9 Å². The number of ether oxygens (including phenoxy) is 1. The van der Waals surface area contributed by atoms with E-state index in [2.05, 4.69) is 25.9 Å².